The zero-order valence-electron chi connectivity index (χ0n) is 10.3. The Bertz CT molecular complexity index is 213. The molecule has 2 heteroatoms. The monoisotopic (exact) mass is 210 g/mol. The van der Waals surface area contributed by atoms with Gasteiger partial charge in [-0.05, 0) is 43.6 Å². The molecule has 1 heterocycles. The average molecular weight is 210 g/mol. The maximum atomic E-state index is 6.03. The summed E-state index contributed by atoms with van der Waals surface area (Å²) < 4.78 is 0. The van der Waals surface area contributed by atoms with E-state index in [1.165, 1.54) is 51.7 Å². The van der Waals surface area contributed by atoms with E-state index in [4.69, 9.17) is 5.73 Å². The first-order valence-electron chi connectivity index (χ1n) is 6.53. The minimum atomic E-state index is 0.486. The summed E-state index contributed by atoms with van der Waals surface area (Å²) in [6.07, 6.45) is 6.64. The second-order valence-corrected chi connectivity index (χ2v) is 6.44. The van der Waals surface area contributed by atoms with Crippen LogP contribution in [0.4, 0.5) is 0 Å². The Morgan fingerprint density at radius 3 is 2.73 bits per heavy atom. The van der Waals surface area contributed by atoms with E-state index in [1.807, 2.05) is 0 Å². The molecule has 2 nitrogen and oxygen atoms in total. The van der Waals surface area contributed by atoms with E-state index in [2.05, 4.69) is 18.7 Å². The number of hydrogen-bond acceptors (Lipinski definition) is 2. The van der Waals surface area contributed by atoms with Gasteiger partial charge in [0.1, 0.15) is 0 Å². The molecule has 0 aromatic rings. The Morgan fingerprint density at radius 1 is 1.33 bits per heavy atom. The van der Waals surface area contributed by atoms with Gasteiger partial charge in [0.15, 0.2) is 0 Å². The van der Waals surface area contributed by atoms with Crippen molar-refractivity contribution in [2.24, 2.45) is 17.1 Å². The molecule has 0 radical (unpaired) electrons. The fraction of sp³-hybridized carbons (Fsp3) is 1.00. The predicted octanol–water partition coefficient (Wildman–Crippen LogP) is 2.24. The smallest absolute Gasteiger partial charge is 0.00419 e. The molecular formula is C13H26N2. The lowest BCUT2D eigenvalue weighted by atomic mass is 9.86. The van der Waals surface area contributed by atoms with Crippen molar-refractivity contribution in [3.05, 3.63) is 0 Å². The lowest BCUT2D eigenvalue weighted by Crippen LogP contribution is -2.35. The van der Waals surface area contributed by atoms with Gasteiger partial charge >= 0.3 is 0 Å². The highest BCUT2D eigenvalue weighted by atomic mass is 15.2. The van der Waals surface area contributed by atoms with Gasteiger partial charge < -0.3 is 10.6 Å². The standard InChI is InChI=1S/C13H26N2/c1-13(2)6-7-15(10-13)9-11-4-3-5-12(14)8-11/h11-12H,3-10,14H2,1-2H3. The van der Waals surface area contributed by atoms with Crippen LogP contribution in [0.25, 0.3) is 0 Å². The van der Waals surface area contributed by atoms with Crippen LogP contribution in [0.2, 0.25) is 0 Å². The van der Waals surface area contributed by atoms with Crippen molar-refractivity contribution in [1.29, 1.82) is 0 Å². The number of hydrogen-bond donors (Lipinski definition) is 1. The second-order valence-electron chi connectivity index (χ2n) is 6.44. The van der Waals surface area contributed by atoms with Crippen LogP contribution < -0.4 is 5.73 Å². The molecule has 2 atom stereocenters. The quantitative estimate of drug-likeness (QED) is 0.757. The highest BCUT2D eigenvalue weighted by Gasteiger charge is 2.31. The van der Waals surface area contributed by atoms with Crippen molar-refractivity contribution in [1.82, 2.24) is 4.90 Å². The Kier molecular flexibility index (Phi) is 3.36. The van der Waals surface area contributed by atoms with Crippen molar-refractivity contribution < 1.29 is 0 Å². The molecule has 88 valence electrons. The van der Waals surface area contributed by atoms with Gasteiger partial charge in [-0.15, -0.1) is 0 Å². The molecule has 2 N–H and O–H groups in total. The maximum absolute atomic E-state index is 6.03. The van der Waals surface area contributed by atoms with Crippen LogP contribution in [0.1, 0.15) is 46.0 Å². The van der Waals surface area contributed by atoms with Gasteiger partial charge in [0.25, 0.3) is 0 Å². The number of nitrogens with two attached hydrogens (primary N) is 1. The van der Waals surface area contributed by atoms with Crippen molar-refractivity contribution in [2.75, 3.05) is 19.6 Å². The van der Waals surface area contributed by atoms with Gasteiger partial charge in [0.2, 0.25) is 0 Å². The van der Waals surface area contributed by atoms with Crippen molar-refractivity contribution in [3.8, 4) is 0 Å². The van der Waals surface area contributed by atoms with Crippen LogP contribution in [0, 0.1) is 11.3 Å². The Morgan fingerprint density at radius 2 is 2.13 bits per heavy atom. The summed E-state index contributed by atoms with van der Waals surface area (Å²) in [5.74, 6) is 0.877. The molecule has 2 rings (SSSR count). The summed E-state index contributed by atoms with van der Waals surface area (Å²) >= 11 is 0. The zero-order chi connectivity index (χ0) is 10.9. The average Bonchev–Trinajstić information content (AvgIpc) is 2.45. The number of likely N-dealkylation sites (tertiary alicyclic amines) is 1. The molecular weight excluding hydrogens is 184 g/mol. The van der Waals surface area contributed by atoms with Crippen LogP contribution in [-0.2, 0) is 0 Å². The third-order valence-corrected chi connectivity index (χ3v) is 4.10. The minimum Gasteiger partial charge on any atom is -0.328 e. The van der Waals surface area contributed by atoms with Crippen LogP contribution in [0.5, 0.6) is 0 Å². The molecule has 0 amide bonds. The molecule has 1 aliphatic heterocycles. The summed E-state index contributed by atoms with van der Waals surface area (Å²) in [4.78, 5) is 2.66. The van der Waals surface area contributed by atoms with E-state index in [-0.39, 0.29) is 0 Å². The molecule has 1 saturated heterocycles. The van der Waals surface area contributed by atoms with Gasteiger partial charge in [-0.25, -0.2) is 0 Å². The summed E-state index contributed by atoms with van der Waals surface area (Å²) in [7, 11) is 0. The van der Waals surface area contributed by atoms with Crippen molar-refractivity contribution in [2.45, 2.75) is 52.0 Å². The fourth-order valence-electron chi connectivity index (χ4n) is 3.24. The van der Waals surface area contributed by atoms with E-state index in [0.29, 0.717) is 11.5 Å². The number of nitrogens with zero attached hydrogens (tertiary/aromatic N) is 1. The summed E-state index contributed by atoms with van der Waals surface area (Å²) in [5, 5.41) is 0. The third kappa shape index (κ3) is 3.18. The minimum absolute atomic E-state index is 0.486. The first-order valence-corrected chi connectivity index (χ1v) is 6.53. The Labute approximate surface area is 94.2 Å². The first kappa shape index (κ1) is 11.4. The normalized spacial score (nSPS) is 37.0. The van der Waals surface area contributed by atoms with Crippen LogP contribution in [0.3, 0.4) is 0 Å². The lowest BCUT2D eigenvalue weighted by Gasteiger charge is -2.30. The van der Waals surface area contributed by atoms with Gasteiger partial charge in [0, 0.05) is 19.1 Å². The van der Waals surface area contributed by atoms with E-state index < -0.39 is 0 Å². The van der Waals surface area contributed by atoms with E-state index in [1.54, 1.807) is 0 Å². The van der Waals surface area contributed by atoms with Crippen LogP contribution in [-0.4, -0.2) is 30.6 Å². The van der Waals surface area contributed by atoms with Crippen LogP contribution in [0.15, 0.2) is 0 Å². The molecule has 2 fully saturated rings. The second kappa shape index (κ2) is 4.42. The molecule has 2 aliphatic rings. The molecule has 15 heavy (non-hydrogen) atoms. The summed E-state index contributed by atoms with van der Waals surface area (Å²) in [5.41, 5.74) is 6.59. The lowest BCUT2D eigenvalue weighted by molar-refractivity contribution is 0.207. The van der Waals surface area contributed by atoms with Crippen molar-refractivity contribution >= 4 is 0 Å². The van der Waals surface area contributed by atoms with Gasteiger partial charge in [-0.1, -0.05) is 20.3 Å². The SMILES string of the molecule is CC1(C)CCN(CC2CCCC(N)C2)C1. The first-order chi connectivity index (χ1) is 7.05. The van der Waals surface area contributed by atoms with Crippen LogP contribution >= 0.6 is 0 Å². The Hall–Kier alpha value is -0.0800. The molecule has 1 aliphatic carbocycles. The van der Waals surface area contributed by atoms with Gasteiger partial charge in [-0.2, -0.15) is 0 Å². The highest BCUT2D eigenvalue weighted by molar-refractivity contribution is 4.85. The van der Waals surface area contributed by atoms with Gasteiger partial charge in [-0.3, -0.25) is 0 Å². The van der Waals surface area contributed by atoms with Gasteiger partial charge in [0.05, 0.1) is 0 Å². The predicted molar refractivity (Wildman–Crippen MR) is 64.8 cm³/mol. The van der Waals surface area contributed by atoms with E-state index in [9.17, 15) is 0 Å². The zero-order valence-corrected chi connectivity index (χ0v) is 10.3. The van der Waals surface area contributed by atoms with E-state index >= 15 is 0 Å². The molecule has 1 saturated carbocycles. The maximum Gasteiger partial charge on any atom is 0.00419 e. The molecule has 0 spiro atoms. The van der Waals surface area contributed by atoms with Crippen molar-refractivity contribution in [3.63, 3.8) is 0 Å². The molecule has 0 aromatic heterocycles. The third-order valence-electron chi connectivity index (χ3n) is 4.10. The fourth-order valence-corrected chi connectivity index (χ4v) is 3.24. The Balaban J connectivity index is 1.77. The largest absolute Gasteiger partial charge is 0.328 e. The molecule has 0 bridgehead atoms. The summed E-state index contributed by atoms with van der Waals surface area (Å²) in [6, 6.07) is 0.486. The highest BCUT2D eigenvalue weighted by Crippen LogP contribution is 2.31. The summed E-state index contributed by atoms with van der Waals surface area (Å²) in [6.45, 7) is 8.67. The molecule has 2 unspecified atom stereocenters. The van der Waals surface area contributed by atoms with E-state index in [0.717, 1.165) is 5.92 Å². The number of rotatable bonds is 2. The molecule has 0 aromatic carbocycles. The topological polar surface area (TPSA) is 29.3 Å².